The lowest BCUT2D eigenvalue weighted by Crippen LogP contribution is -2.40. The van der Waals surface area contributed by atoms with Gasteiger partial charge in [0.15, 0.2) is 0 Å². The van der Waals surface area contributed by atoms with Crippen molar-refractivity contribution in [2.45, 2.75) is 38.6 Å². The number of methoxy groups -OCH3 is 1. The summed E-state index contributed by atoms with van der Waals surface area (Å²) in [6, 6.07) is 8.14. The maximum Gasteiger partial charge on any atom is 0.119 e. The quantitative estimate of drug-likeness (QED) is 0.805. The summed E-state index contributed by atoms with van der Waals surface area (Å²) in [5, 5.41) is 0. The van der Waals surface area contributed by atoms with Crippen LogP contribution in [0.3, 0.4) is 0 Å². The summed E-state index contributed by atoms with van der Waals surface area (Å²) in [6.45, 7) is 4.29. The molecule has 1 aromatic carbocycles. The zero-order valence-electron chi connectivity index (χ0n) is 9.92. The third-order valence-corrected chi connectivity index (χ3v) is 3.10. The Morgan fingerprint density at radius 3 is 2.47 bits per heavy atom. The van der Waals surface area contributed by atoms with Gasteiger partial charge in [-0.2, -0.15) is 0 Å². The summed E-state index contributed by atoms with van der Waals surface area (Å²) in [4.78, 5) is 0. The second-order valence-corrected chi connectivity index (χ2v) is 4.10. The standard InChI is InChI=1S/C13H21NO/c1-4-13(14,5-2)10-11-7-6-8-12(9-11)15-3/h6-9H,4-5,10,14H2,1-3H3. The van der Waals surface area contributed by atoms with Crippen molar-refractivity contribution >= 4 is 0 Å². The van der Waals surface area contributed by atoms with E-state index in [1.54, 1.807) is 7.11 Å². The van der Waals surface area contributed by atoms with Crippen LogP contribution in [0.1, 0.15) is 32.3 Å². The van der Waals surface area contributed by atoms with Gasteiger partial charge in [-0.3, -0.25) is 0 Å². The average molecular weight is 207 g/mol. The molecule has 15 heavy (non-hydrogen) atoms. The van der Waals surface area contributed by atoms with Gasteiger partial charge in [0.1, 0.15) is 5.75 Å². The van der Waals surface area contributed by atoms with E-state index in [0.717, 1.165) is 25.0 Å². The monoisotopic (exact) mass is 207 g/mol. The number of hydrogen-bond donors (Lipinski definition) is 1. The average Bonchev–Trinajstić information content (AvgIpc) is 2.29. The molecule has 0 aromatic heterocycles. The molecule has 0 heterocycles. The third-order valence-electron chi connectivity index (χ3n) is 3.10. The topological polar surface area (TPSA) is 35.2 Å². The van der Waals surface area contributed by atoms with E-state index < -0.39 is 0 Å². The molecule has 0 fully saturated rings. The Morgan fingerprint density at radius 2 is 1.93 bits per heavy atom. The highest BCUT2D eigenvalue weighted by Gasteiger charge is 2.20. The Hall–Kier alpha value is -1.02. The molecule has 0 atom stereocenters. The maximum atomic E-state index is 6.28. The van der Waals surface area contributed by atoms with Crippen LogP contribution < -0.4 is 10.5 Å². The normalized spacial score (nSPS) is 11.5. The molecule has 0 radical (unpaired) electrons. The molecular weight excluding hydrogens is 186 g/mol. The Balaban J connectivity index is 2.79. The molecule has 1 aromatic rings. The van der Waals surface area contributed by atoms with Gasteiger partial charge in [-0.1, -0.05) is 26.0 Å². The molecule has 0 spiro atoms. The fourth-order valence-corrected chi connectivity index (χ4v) is 1.69. The first-order chi connectivity index (χ1) is 7.13. The van der Waals surface area contributed by atoms with Gasteiger partial charge in [0, 0.05) is 5.54 Å². The lowest BCUT2D eigenvalue weighted by atomic mass is 9.87. The second-order valence-electron chi connectivity index (χ2n) is 4.10. The highest BCUT2D eigenvalue weighted by molar-refractivity contribution is 5.29. The first-order valence-corrected chi connectivity index (χ1v) is 5.55. The molecular formula is C13H21NO. The predicted molar refractivity (Wildman–Crippen MR) is 64.2 cm³/mol. The Bertz CT molecular complexity index is 305. The molecule has 0 saturated heterocycles. The summed E-state index contributed by atoms with van der Waals surface area (Å²) in [5.74, 6) is 0.905. The van der Waals surface area contributed by atoms with Gasteiger partial charge < -0.3 is 10.5 Å². The van der Waals surface area contributed by atoms with Gasteiger partial charge in [0.25, 0.3) is 0 Å². The van der Waals surface area contributed by atoms with Crippen LogP contribution >= 0.6 is 0 Å². The highest BCUT2D eigenvalue weighted by Crippen LogP contribution is 2.21. The Labute approximate surface area is 92.4 Å². The second kappa shape index (κ2) is 5.17. The summed E-state index contributed by atoms with van der Waals surface area (Å²) in [7, 11) is 1.69. The van der Waals surface area contributed by atoms with Gasteiger partial charge in [-0.15, -0.1) is 0 Å². The minimum absolute atomic E-state index is 0.0770. The van der Waals surface area contributed by atoms with Crippen molar-refractivity contribution in [3.05, 3.63) is 29.8 Å². The lowest BCUT2D eigenvalue weighted by molar-refractivity contribution is 0.389. The molecule has 0 saturated carbocycles. The lowest BCUT2D eigenvalue weighted by Gasteiger charge is -2.26. The van der Waals surface area contributed by atoms with Crippen LogP contribution in [0.4, 0.5) is 0 Å². The number of ether oxygens (including phenoxy) is 1. The smallest absolute Gasteiger partial charge is 0.119 e. The van der Waals surface area contributed by atoms with E-state index in [1.165, 1.54) is 5.56 Å². The van der Waals surface area contributed by atoms with E-state index in [9.17, 15) is 0 Å². The van der Waals surface area contributed by atoms with E-state index >= 15 is 0 Å². The van der Waals surface area contributed by atoms with Crippen molar-refractivity contribution in [2.75, 3.05) is 7.11 Å². The van der Waals surface area contributed by atoms with E-state index in [2.05, 4.69) is 26.0 Å². The molecule has 2 heteroatoms. The van der Waals surface area contributed by atoms with Crippen molar-refractivity contribution in [3.8, 4) is 5.75 Å². The van der Waals surface area contributed by atoms with E-state index in [-0.39, 0.29) is 5.54 Å². The molecule has 0 aliphatic carbocycles. The fraction of sp³-hybridized carbons (Fsp3) is 0.538. The van der Waals surface area contributed by atoms with Crippen molar-refractivity contribution in [1.82, 2.24) is 0 Å². The van der Waals surface area contributed by atoms with E-state index in [4.69, 9.17) is 10.5 Å². The summed E-state index contributed by atoms with van der Waals surface area (Å²) in [5.41, 5.74) is 7.45. The number of hydrogen-bond acceptors (Lipinski definition) is 2. The minimum atomic E-state index is -0.0770. The first kappa shape index (κ1) is 12.1. The molecule has 1 rings (SSSR count). The largest absolute Gasteiger partial charge is 0.497 e. The van der Waals surface area contributed by atoms with Crippen molar-refractivity contribution < 1.29 is 4.74 Å². The van der Waals surface area contributed by atoms with Crippen LogP contribution in [0, 0.1) is 0 Å². The van der Waals surface area contributed by atoms with Gasteiger partial charge in [-0.25, -0.2) is 0 Å². The Morgan fingerprint density at radius 1 is 1.27 bits per heavy atom. The van der Waals surface area contributed by atoms with Crippen LogP contribution in [0.25, 0.3) is 0 Å². The molecule has 2 nitrogen and oxygen atoms in total. The zero-order valence-corrected chi connectivity index (χ0v) is 9.92. The zero-order chi connectivity index (χ0) is 11.3. The first-order valence-electron chi connectivity index (χ1n) is 5.55. The van der Waals surface area contributed by atoms with Crippen molar-refractivity contribution in [1.29, 1.82) is 0 Å². The minimum Gasteiger partial charge on any atom is -0.497 e. The highest BCUT2D eigenvalue weighted by atomic mass is 16.5. The van der Waals surface area contributed by atoms with Crippen LogP contribution in [0.2, 0.25) is 0 Å². The van der Waals surface area contributed by atoms with Gasteiger partial charge in [0.2, 0.25) is 0 Å². The predicted octanol–water partition coefficient (Wildman–Crippen LogP) is 2.76. The van der Waals surface area contributed by atoms with E-state index in [0.29, 0.717) is 0 Å². The molecule has 0 amide bonds. The van der Waals surface area contributed by atoms with Gasteiger partial charge >= 0.3 is 0 Å². The fourth-order valence-electron chi connectivity index (χ4n) is 1.69. The molecule has 0 aliphatic heterocycles. The molecule has 0 unspecified atom stereocenters. The van der Waals surface area contributed by atoms with Crippen LogP contribution in [0.5, 0.6) is 5.75 Å². The number of nitrogens with two attached hydrogens (primary N) is 1. The molecule has 0 aliphatic rings. The SMILES string of the molecule is CCC(N)(CC)Cc1cccc(OC)c1. The third kappa shape index (κ3) is 3.24. The Kier molecular flexibility index (Phi) is 4.15. The number of benzene rings is 1. The van der Waals surface area contributed by atoms with Crippen LogP contribution in [-0.4, -0.2) is 12.6 Å². The van der Waals surface area contributed by atoms with Crippen molar-refractivity contribution in [2.24, 2.45) is 5.73 Å². The summed E-state index contributed by atoms with van der Waals surface area (Å²) in [6.07, 6.45) is 2.92. The van der Waals surface area contributed by atoms with E-state index in [1.807, 2.05) is 12.1 Å². The number of rotatable bonds is 5. The summed E-state index contributed by atoms with van der Waals surface area (Å²) >= 11 is 0. The van der Waals surface area contributed by atoms with Crippen molar-refractivity contribution in [3.63, 3.8) is 0 Å². The maximum absolute atomic E-state index is 6.28. The van der Waals surface area contributed by atoms with Gasteiger partial charge in [0.05, 0.1) is 7.11 Å². The molecule has 84 valence electrons. The van der Waals surface area contributed by atoms with Crippen LogP contribution in [0.15, 0.2) is 24.3 Å². The van der Waals surface area contributed by atoms with Crippen LogP contribution in [-0.2, 0) is 6.42 Å². The summed E-state index contributed by atoms with van der Waals surface area (Å²) < 4.78 is 5.20. The van der Waals surface area contributed by atoms with Gasteiger partial charge in [-0.05, 0) is 37.0 Å². The molecule has 2 N–H and O–H groups in total. The molecule has 0 bridgehead atoms.